The normalized spacial score (nSPS) is 11.0. The third-order valence-electron chi connectivity index (χ3n) is 1.74. The molecule has 2 nitrogen and oxygen atoms in total. The molecule has 78 valence electrons. The molecule has 14 heavy (non-hydrogen) atoms. The van der Waals surface area contributed by atoms with Crippen LogP contribution in [0.2, 0.25) is 0 Å². The van der Waals surface area contributed by atoms with Gasteiger partial charge in [-0.25, -0.2) is 8.78 Å². The highest BCUT2D eigenvalue weighted by Gasteiger charge is 2.17. The van der Waals surface area contributed by atoms with E-state index in [1.54, 1.807) is 0 Å². The van der Waals surface area contributed by atoms with Gasteiger partial charge in [0.1, 0.15) is 0 Å². The van der Waals surface area contributed by atoms with Crippen LogP contribution in [0.3, 0.4) is 0 Å². The van der Waals surface area contributed by atoms with Crippen LogP contribution >= 0.6 is 34.2 Å². The molecule has 1 heterocycles. The summed E-state index contributed by atoms with van der Waals surface area (Å²) in [5.41, 5.74) is 0.563. The van der Waals surface area contributed by atoms with Crippen molar-refractivity contribution in [2.45, 2.75) is 18.9 Å². The maximum Gasteiger partial charge on any atom is 0.265 e. The molecule has 0 aliphatic rings. The summed E-state index contributed by atoms with van der Waals surface area (Å²) >= 11 is 7.42. The lowest BCUT2D eigenvalue weighted by atomic mass is 10.1. The van der Waals surface area contributed by atoms with Gasteiger partial charge in [0.05, 0.1) is 12.3 Å². The summed E-state index contributed by atoms with van der Waals surface area (Å²) in [7, 11) is 0. The number of nitrogens with zero attached hydrogens (tertiary/aromatic N) is 1. The summed E-state index contributed by atoms with van der Waals surface area (Å²) in [6.45, 7) is -0.272. The van der Waals surface area contributed by atoms with Crippen molar-refractivity contribution < 1.29 is 13.9 Å². The summed E-state index contributed by atoms with van der Waals surface area (Å²) in [4.78, 5) is 3.73. The standard InChI is InChI=1S/C8H7ClF2INO/c9-1-4-5(8(10)11)2-13-6(3-14)7(4)12/h2,8,14H,1,3H2. The molecular weight excluding hydrogens is 326 g/mol. The molecule has 0 spiro atoms. The molecule has 0 radical (unpaired) electrons. The van der Waals surface area contributed by atoms with Gasteiger partial charge in [-0.1, -0.05) is 0 Å². The number of halogens is 4. The fourth-order valence-corrected chi connectivity index (χ4v) is 2.34. The van der Waals surface area contributed by atoms with E-state index in [1.165, 1.54) is 0 Å². The Morgan fingerprint density at radius 3 is 2.64 bits per heavy atom. The van der Waals surface area contributed by atoms with Crippen LogP contribution in [-0.2, 0) is 12.5 Å². The third-order valence-corrected chi connectivity index (χ3v) is 3.29. The van der Waals surface area contributed by atoms with Crippen LogP contribution in [0.25, 0.3) is 0 Å². The topological polar surface area (TPSA) is 33.1 Å². The van der Waals surface area contributed by atoms with Crippen LogP contribution < -0.4 is 0 Å². The van der Waals surface area contributed by atoms with Crippen LogP contribution in [0.4, 0.5) is 8.78 Å². The van der Waals surface area contributed by atoms with Crippen molar-refractivity contribution in [1.29, 1.82) is 0 Å². The van der Waals surface area contributed by atoms with Gasteiger partial charge in [0.2, 0.25) is 0 Å². The van der Waals surface area contributed by atoms with Crippen LogP contribution in [0.15, 0.2) is 6.20 Å². The van der Waals surface area contributed by atoms with E-state index in [-0.39, 0.29) is 18.1 Å². The molecule has 0 amide bonds. The Morgan fingerprint density at radius 1 is 1.57 bits per heavy atom. The molecule has 1 N–H and O–H groups in total. The van der Waals surface area contributed by atoms with Crippen molar-refractivity contribution >= 4 is 34.2 Å². The van der Waals surface area contributed by atoms with Crippen molar-refractivity contribution in [3.8, 4) is 0 Å². The van der Waals surface area contributed by atoms with Crippen molar-refractivity contribution in [1.82, 2.24) is 4.98 Å². The molecule has 1 aromatic rings. The van der Waals surface area contributed by atoms with Crippen molar-refractivity contribution in [3.05, 3.63) is 26.6 Å². The van der Waals surface area contributed by atoms with E-state index in [2.05, 4.69) is 4.98 Å². The van der Waals surface area contributed by atoms with Gasteiger partial charge in [-0.2, -0.15) is 0 Å². The van der Waals surface area contributed by atoms with Gasteiger partial charge < -0.3 is 5.11 Å². The van der Waals surface area contributed by atoms with Gasteiger partial charge in [0.25, 0.3) is 6.43 Å². The molecule has 0 aliphatic heterocycles. The van der Waals surface area contributed by atoms with Crippen LogP contribution in [-0.4, -0.2) is 10.1 Å². The first-order valence-electron chi connectivity index (χ1n) is 3.73. The highest BCUT2D eigenvalue weighted by atomic mass is 127. The van der Waals surface area contributed by atoms with Gasteiger partial charge in [0, 0.05) is 21.2 Å². The first kappa shape index (κ1) is 12.1. The number of pyridine rings is 1. The number of hydrogen-bond donors (Lipinski definition) is 1. The molecule has 0 aliphatic carbocycles. The smallest absolute Gasteiger partial charge is 0.265 e. The number of rotatable bonds is 3. The summed E-state index contributed by atoms with van der Waals surface area (Å²) < 4.78 is 25.4. The number of alkyl halides is 3. The zero-order valence-corrected chi connectivity index (χ0v) is 9.89. The predicted molar refractivity (Wildman–Crippen MR) is 57.4 cm³/mol. The molecule has 0 fully saturated rings. The zero-order chi connectivity index (χ0) is 10.7. The Bertz CT molecular complexity index is 335. The van der Waals surface area contributed by atoms with Gasteiger partial charge in [0.15, 0.2) is 0 Å². The van der Waals surface area contributed by atoms with Crippen LogP contribution in [0.1, 0.15) is 23.2 Å². The molecule has 0 bridgehead atoms. The number of aromatic nitrogens is 1. The first-order valence-corrected chi connectivity index (χ1v) is 5.34. The third kappa shape index (κ3) is 2.32. The highest BCUT2D eigenvalue weighted by molar-refractivity contribution is 14.1. The van der Waals surface area contributed by atoms with Gasteiger partial charge in [-0.3, -0.25) is 4.98 Å². The lowest BCUT2D eigenvalue weighted by Crippen LogP contribution is -2.03. The van der Waals surface area contributed by atoms with Gasteiger partial charge in [-0.05, 0) is 28.2 Å². The van der Waals surface area contributed by atoms with Crippen LogP contribution in [0.5, 0.6) is 0 Å². The largest absolute Gasteiger partial charge is 0.390 e. The minimum atomic E-state index is -2.59. The Balaban J connectivity index is 3.28. The second-order valence-corrected chi connectivity index (χ2v) is 3.89. The summed E-state index contributed by atoms with van der Waals surface area (Å²) in [5, 5.41) is 8.87. The predicted octanol–water partition coefficient (Wildman–Crippen LogP) is 2.85. The number of hydrogen-bond acceptors (Lipinski definition) is 2. The molecule has 0 unspecified atom stereocenters. The lowest BCUT2D eigenvalue weighted by Gasteiger charge is -2.10. The van der Waals surface area contributed by atoms with Crippen LogP contribution in [0, 0.1) is 3.57 Å². The molecule has 6 heteroatoms. The Labute approximate surface area is 98.4 Å². The second kappa shape index (κ2) is 5.18. The van der Waals surface area contributed by atoms with E-state index in [9.17, 15) is 8.78 Å². The average Bonchev–Trinajstić information content (AvgIpc) is 2.17. The monoisotopic (exact) mass is 333 g/mol. The number of aliphatic hydroxyl groups is 1. The van der Waals surface area contributed by atoms with Gasteiger partial charge in [-0.15, -0.1) is 11.6 Å². The fraction of sp³-hybridized carbons (Fsp3) is 0.375. The molecule has 0 aromatic carbocycles. The van der Waals surface area contributed by atoms with E-state index in [1.807, 2.05) is 22.6 Å². The second-order valence-electron chi connectivity index (χ2n) is 2.55. The fourth-order valence-electron chi connectivity index (χ4n) is 1.02. The summed E-state index contributed by atoms with van der Waals surface area (Å²) in [6.07, 6.45) is -1.52. The lowest BCUT2D eigenvalue weighted by molar-refractivity contribution is 0.149. The maximum atomic E-state index is 12.5. The molecule has 0 saturated heterocycles. The SMILES string of the molecule is OCc1ncc(C(F)F)c(CCl)c1I. The molecule has 1 rings (SSSR count). The Kier molecular flexibility index (Phi) is 4.46. The Morgan fingerprint density at radius 2 is 2.21 bits per heavy atom. The quantitative estimate of drug-likeness (QED) is 0.681. The average molecular weight is 334 g/mol. The zero-order valence-electron chi connectivity index (χ0n) is 6.98. The molecule has 0 saturated carbocycles. The van der Waals surface area contributed by atoms with Crippen molar-refractivity contribution in [3.63, 3.8) is 0 Å². The number of aliphatic hydroxyl groups excluding tert-OH is 1. The van der Waals surface area contributed by atoms with Gasteiger partial charge >= 0.3 is 0 Å². The highest BCUT2D eigenvalue weighted by Crippen LogP contribution is 2.28. The minimum absolute atomic E-state index is 0.00648. The Hall–Kier alpha value is -0.0100. The summed E-state index contributed by atoms with van der Waals surface area (Å²) in [5.74, 6) is -0.00648. The van der Waals surface area contributed by atoms with E-state index >= 15 is 0 Å². The van der Waals surface area contributed by atoms with E-state index in [0.29, 0.717) is 14.8 Å². The van der Waals surface area contributed by atoms with E-state index < -0.39 is 6.43 Å². The van der Waals surface area contributed by atoms with E-state index in [4.69, 9.17) is 16.7 Å². The molecule has 1 aromatic heterocycles. The van der Waals surface area contributed by atoms with E-state index in [0.717, 1.165) is 6.20 Å². The minimum Gasteiger partial charge on any atom is -0.390 e. The maximum absolute atomic E-state index is 12.5. The van der Waals surface area contributed by atoms with Crippen molar-refractivity contribution in [2.24, 2.45) is 0 Å². The molecular formula is C8H7ClF2INO. The summed E-state index contributed by atoms with van der Waals surface area (Å²) in [6, 6.07) is 0. The van der Waals surface area contributed by atoms with Crippen molar-refractivity contribution in [2.75, 3.05) is 0 Å². The first-order chi connectivity index (χ1) is 6.61. The molecule has 0 atom stereocenters.